The summed E-state index contributed by atoms with van der Waals surface area (Å²) in [6.45, 7) is 9.02. The van der Waals surface area contributed by atoms with Crippen LogP contribution in [-0.2, 0) is 76.8 Å². The first-order valence-corrected chi connectivity index (χ1v) is 30.3. The highest BCUT2D eigenvalue weighted by Crippen LogP contribution is 2.23. The van der Waals surface area contributed by atoms with E-state index in [1.54, 1.807) is 102 Å². The Hall–Kier alpha value is -8.74. The van der Waals surface area contributed by atoms with Crippen LogP contribution in [0.15, 0.2) is 91.0 Å². The van der Waals surface area contributed by atoms with Crippen molar-refractivity contribution in [2.45, 2.75) is 154 Å². The maximum atomic E-state index is 14.6. The summed E-state index contributed by atoms with van der Waals surface area (Å²) in [7, 11) is 0. The third kappa shape index (κ3) is 19.4. The van der Waals surface area contributed by atoms with Gasteiger partial charge >= 0.3 is 5.97 Å². The van der Waals surface area contributed by atoms with E-state index in [1.807, 2.05) is 30.3 Å². The Morgan fingerprint density at radius 2 is 0.727 bits per heavy atom. The van der Waals surface area contributed by atoms with Gasteiger partial charge in [-0.1, -0.05) is 133 Å². The van der Waals surface area contributed by atoms with Gasteiger partial charge in [-0.2, -0.15) is 0 Å². The van der Waals surface area contributed by atoms with Gasteiger partial charge in [0.25, 0.3) is 0 Å². The predicted molar refractivity (Wildman–Crippen MR) is 323 cm³/mol. The molecule has 25 nitrogen and oxygen atoms in total. The van der Waals surface area contributed by atoms with Gasteiger partial charge in [0, 0.05) is 32.5 Å². The Kier molecular flexibility index (Phi) is 25.5. The summed E-state index contributed by atoms with van der Waals surface area (Å²) >= 11 is 0. The highest BCUT2D eigenvalue weighted by Gasteiger charge is 2.42. The molecule has 3 aliphatic rings. The molecule has 88 heavy (non-hydrogen) atoms. The van der Waals surface area contributed by atoms with Crippen LogP contribution in [0.3, 0.4) is 0 Å². The number of nitrogens with two attached hydrogens (primary N) is 1. The molecule has 3 aromatic carbocycles. The monoisotopic (exact) mass is 1220 g/mol. The number of nitrogens with one attached hydrogen (secondary N) is 8. The molecule has 3 saturated heterocycles. The minimum Gasteiger partial charge on any atom is -0.480 e. The fraction of sp³-hybridized carbons (Fsp3) is 0.524. The number of hydrogen-bond donors (Lipinski definition) is 10. The van der Waals surface area contributed by atoms with Crippen molar-refractivity contribution in [1.82, 2.24) is 57.2 Å². The van der Waals surface area contributed by atoms with E-state index in [-0.39, 0.29) is 51.1 Å². The summed E-state index contributed by atoms with van der Waals surface area (Å²) in [5.41, 5.74) is 8.53. The maximum Gasteiger partial charge on any atom is 0.326 e. The molecule has 0 spiro atoms. The number of hydrogen-bond acceptors (Lipinski definition) is 13. The van der Waals surface area contributed by atoms with Crippen LogP contribution < -0.4 is 48.3 Å². The zero-order chi connectivity index (χ0) is 64.2. The lowest BCUT2D eigenvalue weighted by atomic mass is 10.00. The lowest BCUT2D eigenvalue weighted by Gasteiger charge is -2.31. The maximum absolute atomic E-state index is 14.6. The van der Waals surface area contributed by atoms with Crippen LogP contribution in [0.4, 0.5) is 0 Å². The van der Waals surface area contributed by atoms with Crippen molar-refractivity contribution in [2.24, 2.45) is 23.5 Å². The summed E-state index contributed by atoms with van der Waals surface area (Å²) in [4.78, 5) is 167. The zero-order valence-corrected chi connectivity index (χ0v) is 51.0. The van der Waals surface area contributed by atoms with Crippen molar-refractivity contribution in [3.63, 3.8) is 0 Å². The van der Waals surface area contributed by atoms with E-state index in [1.165, 1.54) is 14.7 Å². The van der Waals surface area contributed by atoms with E-state index >= 15 is 0 Å². The summed E-state index contributed by atoms with van der Waals surface area (Å²) in [5.74, 6) is -9.64. The molecular weight excluding hydrogens is 1130 g/mol. The number of nitrogens with zero attached hydrogens (tertiary/aromatic N) is 3. The largest absolute Gasteiger partial charge is 0.480 e. The standard InChI is InChI=1S/C63H86N12O13/c1-37(2)52(70-49(76)34-65-55(79)46-25-16-28-73(46)60(84)43(64)31-40-19-10-7-11-20-40)58(82)68-44(32-41-21-12-8-13-22-41)61(85)74-29-17-26-47(74)56(80)66-35-50(77)71-53(38(3)4)59(83)69-45(33-42-23-14-9-15-24-42)62(86)75-30-18-27-48(75)57(81)67-36-51(78)72-54(39(5)6)63(87)88/h7-15,19-24,37-39,43-48,52-54H,16-18,25-36,64H2,1-6H3,(H,65,79)(H,66,80)(H,67,81)(H,68,82)(H,69,83)(H,70,76)(H,71,77)(H,72,78)(H,87,88)/t43-,44-,45-,46-,47-,48-,52-,53-,54-/m0/s1. The Morgan fingerprint density at radius 3 is 1.03 bits per heavy atom. The minimum atomic E-state index is -1.23. The fourth-order valence-corrected chi connectivity index (χ4v) is 11.2. The number of amides is 11. The quantitative estimate of drug-likeness (QED) is 0.0432. The van der Waals surface area contributed by atoms with Gasteiger partial charge in [-0.25, -0.2) is 4.79 Å². The Balaban J connectivity index is 1.05. The van der Waals surface area contributed by atoms with Gasteiger partial charge in [-0.3, -0.25) is 52.7 Å². The van der Waals surface area contributed by atoms with Crippen LogP contribution >= 0.6 is 0 Å². The third-order valence-electron chi connectivity index (χ3n) is 16.0. The molecule has 0 unspecified atom stereocenters. The first-order chi connectivity index (χ1) is 41.9. The lowest BCUT2D eigenvalue weighted by Crippen LogP contribution is -2.59. The normalized spacial score (nSPS) is 18.5. The van der Waals surface area contributed by atoms with Crippen molar-refractivity contribution in [3.05, 3.63) is 108 Å². The van der Waals surface area contributed by atoms with Gasteiger partial charge < -0.3 is 68.1 Å². The highest BCUT2D eigenvalue weighted by molar-refractivity contribution is 5.99. The molecule has 11 N–H and O–H groups in total. The molecular formula is C63H86N12O13. The van der Waals surface area contributed by atoms with Crippen molar-refractivity contribution in [2.75, 3.05) is 39.3 Å². The van der Waals surface area contributed by atoms with E-state index in [4.69, 9.17) is 5.73 Å². The molecule has 0 aromatic heterocycles. The van der Waals surface area contributed by atoms with Crippen LogP contribution in [0, 0.1) is 17.8 Å². The zero-order valence-electron chi connectivity index (χ0n) is 51.0. The van der Waals surface area contributed by atoms with Crippen LogP contribution in [0.2, 0.25) is 0 Å². The number of likely N-dealkylation sites (tertiary alicyclic amines) is 3. The van der Waals surface area contributed by atoms with Crippen molar-refractivity contribution < 1.29 is 62.6 Å². The van der Waals surface area contributed by atoms with E-state index in [2.05, 4.69) is 42.5 Å². The van der Waals surface area contributed by atoms with E-state index < -0.39 is 157 Å². The molecule has 3 fully saturated rings. The van der Waals surface area contributed by atoms with Crippen molar-refractivity contribution in [3.8, 4) is 0 Å². The molecule has 476 valence electrons. The topological polar surface area (TPSA) is 357 Å². The van der Waals surface area contributed by atoms with Crippen molar-refractivity contribution in [1.29, 1.82) is 0 Å². The summed E-state index contributed by atoms with van der Waals surface area (Å²) < 4.78 is 0. The average molecular weight is 1220 g/mol. The van der Waals surface area contributed by atoms with Gasteiger partial charge in [0.1, 0.15) is 48.3 Å². The van der Waals surface area contributed by atoms with Crippen LogP contribution in [0.1, 0.15) is 96.8 Å². The van der Waals surface area contributed by atoms with Crippen LogP contribution in [0.25, 0.3) is 0 Å². The smallest absolute Gasteiger partial charge is 0.326 e. The molecule has 0 aliphatic carbocycles. The molecule has 25 heteroatoms. The van der Waals surface area contributed by atoms with E-state index in [0.717, 1.165) is 5.56 Å². The van der Waals surface area contributed by atoms with Crippen LogP contribution in [0.5, 0.6) is 0 Å². The molecule has 3 aromatic rings. The molecule has 0 saturated carbocycles. The Morgan fingerprint density at radius 1 is 0.432 bits per heavy atom. The second-order valence-electron chi connectivity index (χ2n) is 23.7. The minimum absolute atomic E-state index is 0.0140. The molecule has 6 rings (SSSR count). The van der Waals surface area contributed by atoms with Gasteiger partial charge in [0.2, 0.25) is 65.0 Å². The molecule has 0 bridgehead atoms. The number of carbonyl (C=O) groups is 12. The Labute approximate surface area is 513 Å². The first-order valence-electron chi connectivity index (χ1n) is 30.3. The Bertz CT molecular complexity index is 2950. The highest BCUT2D eigenvalue weighted by atomic mass is 16.4. The second-order valence-corrected chi connectivity index (χ2v) is 23.7. The number of rotatable bonds is 29. The van der Waals surface area contributed by atoms with E-state index in [9.17, 15) is 62.6 Å². The number of carboxylic acid groups (broad SMARTS) is 1. The molecule has 0 radical (unpaired) electrons. The number of carboxylic acids is 1. The van der Waals surface area contributed by atoms with Gasteiger partial charge in [-0.05, 0) is 79.4 Å². The number of benzene rings is 3. The second kappa shape index (κ2) is 32.8. The first kappa shape index (κ1) is 68.4. The molecule has 3 aliphatic heterocycles. The van der Waals surface area contributed by atoms with Gasteiger partial charge in [-0.15, -0.1) is 0 Å². The van der Waals surface area contributed by atoms with Crippen LogP contribution in [-0.4, -0.2) is 184 Å². The lowest BCUT2D eigenvalue weighted by molar-refractivity contribution is -0.143. The molecule has 11 amide bonds. The van der Waals surface area contributed by atoms with E-state index in [0.29, 0.717) is 43.4 Å². The van der Waals surface area contributed by atoms with Crippen molar-refractivity contribution >= 4 is 70.9 Å². The average Bonchev–Trinajstić information content (AvgIpc) is 4.45. The summed E-state index contributed by atoms with van der Waals surface area (Å²) in [6, 6.07) is 17.3. The number of aliphatic carboxylic acids is 1. The SMILES string of the molecule is CC(C)[C@H](NC(=O)CNC(=O)[C@@H]1CCCN1C(=O)[C@H](Cc1ccccc1)NC(=O)[C@@H](NC(=O)CNC(=O)[C@@H]1CCCN1C(=O)[C@H](Cc1ccccc1)NC(=O)[C@@H](NC(=O)CNC(=O)[C@@H]1CCCN1C(=O)[C@@H](N)Cc1ccccc1)C(C)C)C(C)C)C(=O)O. The molecule has 3 heterocycles. The summed E-state index contributed by atoms with van der Waals surface area (Å²) in [5, 5.41) is 30.6. The molecule has 9 atom stereocenters. The third-order valence-corrected chi connectivity index (χ3v) is 16.0. The summed E-state index contributed by atoms with van der Waals surface area (Å²) in [6.07, 6.45) is 2.60. The predicted octanol–water partition coefficient (Wildman–Crippen LogP) is -0.160. The number of carbonyl (C=O) groups excluding carboxylic acids is 11. The van der Waals surface area contributed by atoms with Gasteiger partial charge in [0.05, 0.1) is 25.7 Å². The fourth-order valence-electron chi connectivity index (χ4n) is 11.2. The van der Waals surface area contributed by atoms with Gasteiger partial charge in [0.15, 0.2) is 0 Å².